The highest BCUT2D eigenvalue weighted by Crippen LogP contribution is 2.26. The van der Waals surface area contributed by atoms with Crippen LogP contribution in [-0.4, -0.2) is 42.5 Å². The van der Waals surface area contributed by atoms with Gasteiger partial charge < -0.3 is 16.2 Å². The van der Waals surface area contributed by atoms with Crippen molar-refractivity contribution in [3.05, 3.63) is 18.5 Å². The number of anilines is 2. The van der Waals surface area contributed by atoms with Gasteiger partial charge in [0.1, 0.15) is 0 Å². The van der Waals surface area contributed by atoms with Crippen LogP contribution in [0, 0.1) is 5.92 Å². The van der Waals surface area contributed by atoms with Crippen molar-refractivity contribution in [2.24, 2.45) is 5.92 Å². The molecule has 0 spiro atoms. The zero-order valence-corrected chi connectivity index (χ0v) is 11.7. The lowest BCUT2D eigenvalue weighted by Crippen LogP contribution is -2.35. The molecule has 2 aromatic rings. The Balaban J connectivity index is 1.82. The van der Waals surface area contributed by atoms with Crippen molar-refractivity contribution < 1.29 is 5.11 Å². The minimum absolute atomic E-state index is 0.148. The van der Waals surface area contributed by atoms with Crippen LogP contribution in [0.5, 0.6) is 0 Å². The average Bonchev–Trinajstić information content (AvgIpc) is 3.01. The Hall–Kier alpha value is -2.22. The summed E-state index contributed by atoms with van der Waals surface area (Å²) in [6.45, 7) is 0.171. The van der Waals surface area contributed by atoms with Gasteiger partial charge in [-0.05, 0) is 18.9 Å². The van der Waals surface area contributed by atoms with Crippen molar-refractivity contribution in [2.75, 3.05) is 17.7 Å². The van der Waals surface area contributed by atoms with Gasteiger partial charge in [-0.25, -0.2) is 4.68 Å². The summed E-state index contributed by atoms with van der Waals surface area (Å²) in [5.41, 5.74) is 5.75. The van der Waals surface area contributed by atoms with Gasteiger partial charge in [-0.2, -0.15) is 20.1 Å². The van der Waals surface area contributed by atoms with Gasteiger partial charge in [0, 0.05) is 31.0 Å². The Morgan fingerprint density at radius 2 is 2.14 bits per heavy atom. The number of hydrogen-bond donors (Lipinski definition) is 3. The van der Waals surface area contributed by atoms with E-state index < -0.39 is 0 Å². The van der Waals surface area contributed by atoms with E-state index in [2.05, 4.69) is 25.4 Å². The molecule has 4 N–H and O–H groups in total. The molecule has 0 bridgehead atoms. The van der Waals surface area contributed by atoms with Gasteiger partial charge in [-0.1, -0.05) is 12.8 Å². The largest absolute Gasteiger partial charge is 0.396 e. The minimum Gasteiger partial charge on any atom is -0.396 e. The third kappa shape index (κ3) is 3.10. The Morgan fingerprint density at radius 3 is 2.90 bits per heavy atom. The fourth-order valence-electron chi connectivity index (χ4n) is 2.72. The first-order valence-electron chi connectivity index (χ1n) is 7.15. The molecule has 2 aromatic heterocycles. The maximum atomic E-state index is 9.47. The van der Waals surface area contributed by atoms with Crippen molar-refractivity contribution >= 4 is 11.9 Å². The molecule has 3 rings (SSSR count). The second kappa shape index (κ2) is 6.04. The van der Waals surface area contributed by atoms with Crippen LogP contribution in [-0.2, 0) is 0 Å². The second-order valence-electron chi connectivity index (χ2n) is 5.25. The fraction of sp³-hybridized carbons (Fsp3) is 0.538. The molecule has 2 heterocycles. The van der Waals surface area contributed by atoms with Gasteiger partial charge >= 0.3 is 0 Å². The molecule has 0 aromatic carbocycles. The van der Waals surface area contributed by atoms with Crippen LogP contribution < -0.4 is 11.1 Å². The lowest BCUT2D eigenvalue weighted by atomic mass is 9.85. The van der Waals surface area contributed by atoms with E-state index in [1.807, 2.05) is 0 Å². The van der Waals surface area contributed by atoms with E-state index in [0.717, 1.165) is 25.7 Å². The van der Waals surface area contributed by atoms with Crippen molar-refractivity contribution in [1.82, 2.24) is 24.7 Å². The summed E-state index contributed by atoms with van der Waals surface area (Å²) in [6, 6.07) is 1.95. The van der Waals surface area contributed by atoms with Crippen molar-refractivity contribution in [1.29, 1.82) is 0 Å². The smallest absolute Gasteiger partial charge is 0.257 e. The number of nitrogens with zero attached hydrogens (tertiary/aromatic N) is 5. The predicted octanol–water partition coefficient (Wildman–Crippen LogP) is 0.602. The lowest BCUT2D eigenvalue weighted by molar-refractivity contribution is 0.178. The standard InChI is InChI=1S/C13H19N7O/c14-11-17-12(16-10-5-2-1-4-9(10)8-21)19-13(18-11)20-7-3-6-15-20/h3,6-7,9-10,21H,1-2,4-5,8H2,(H3,14,16,17,18,19). The Labute approximate surface area is 122 Å². The van der Waals surface area contributed by atoms with Gasteiger partial charge in [-0.3, -0.25) is 0 Å². The van der Waals surface area contributed by atoms with E-state index >= 15 is 0 Å². The summed E-state index contributed by atoms with van der Waals surface area (Å²) in [4.78, 5) is 12.5. The van der Waals surface area contributed by atoms with Gasteiger partial charge in [0.05, 0.1) is 0 Å². The Bertz CT molecular complexity index is 586. The number of nitrogens with one attached hydrogen (secondary N) is 1. The van der Waals surface area contributed by atoms with E-state index in [-0.39, 0.29) is 24.5 Å². The first-order chi connectivity index (χ1) is 10.3. The number of aromatic nitrogens is 5. The van der Waals surface area contributed by atoms with Crippen LogP contribution in [0.2, 0.25) is 0 Å². The van der Waals surface area contributed by atoms with Gasteiger partial charge in [0.2, 0.25) is 11.9 Å². The number of rotatable bonds is 4. The zero-order valence-electron chi connectivity index (χ0n) is 11.7. The fourth-order valence-corrected chi connectivity index (χ4v) is 2.72. The molecular formula is C13H19N7O. The molecule has 1 saturated carbocycles. The lowest BCUT2D eigenvalue weighted by Gasteiger charge is -2.30. The first-order valence-corrected chi connectivity index (χ1v) is 7.15. The first kappa shape index (κ1) is 13.7. The minimum atomic E-state index is 0.148. The predicted molar refractivity (Wildman–Crippen MR) is 77.8 cm³/mol. The van der Waals surface area contributed by atoms with Crippen molar-refractivity contribution in [3.63, 3.8) is 0 Å². The molecule has 1 aliphatic carbocycles. The third-order valence-corrected chi connectivity index (χ3v) is 3.81. The number of nitrogen functional groups attached to an aromatic ring is 1. The molecule has 1 fully saturated rings. The third-order valence-electron chi connectivity index (χ3n) is 3.81. The maximum Gasteiger partial charge on any atom is 0.257 e. The summed E-state index contributed by atoms with van der Waals surface area (Å²) in [5, 5.41) is 16.8. The molecule has 0 saturated heterocycles. The van der Waals surface area contributed by atoms with Crippen LogP contribution in [0.1, 0.15) is 25.7 Å². The van der Waals surface area contributed by atoms with Crippen molar-refractivity contribution in [3.8, 4) is 5.95 Å². The summed E-state index contributed by atoms with van der Waals surface area (Å²) in [7, 11) is 0. The Morgan fingerprint density at radius 1 is 1.29 bits per heavy atom. The topological polar surface area (TPSA) is 115 Å². The van der Waals surface area contributed by atoms with E-state index in [9.17, 15) is 5.11 Å². The van der Waals surface area contributed by atoms with E-state index in [1.165, 1.54) is 4.68 Å². The highest BCUT2D eigenvalue weighted by Gasteiger charge is 2.25. The highest BCUT2D eigenvalue weighted by molar-refractivity contribution is 5.36. The van der Waals surface area contributed by atoms with Gasteiger partial charge in [0.15, 0.2) is 0 Å². The Kier molecular flexibility index (Phi) is 3.96. The molecule has 112 valence electrons. The van der Waals surface area contributed by atoms with Crippen LogP contribution in [0.4, 0.5) is 11.9 Å². The van der Waals surface area contributed by atoms with Crippen LogP contribution >= 0.6 is 0 Å². The summed E-state index contributed by atoms with van der Waals surface area (Å²) in [5.74, 6) is 1.18. The van der Waals surface area contributed by atoms with E-state index in [0.29, 0.717) is 11.9 Å². The molecule has 0 radical (unpaired) electrons. The summed E-state index contributed by atoms with van der Waals surface area (Å²) in [6.07, 6.45) is 7.70. The van der Waals surface area contributed by atoms with Crippen LogP contribution in [0.25, 0.3) is 5.95 Å². The van der Waals surface area contributed by atoms with Crippen molar-refractivity contribution in [2.45, 2.75) is 31.7 Å². The summed E-state index contributed by atoms with van der Waals surface area (Å²) >= 11 is 0. The second-order valence-corrected chi connectivity index (χ2v) is 5.25. The zero-order chi connectivity index (χ0) is 14.7. The number of nitrogens with two attached hydrogens (primary N) is 1. The molecule has 1 aliphatic rings. The molecule has 0 amide bonds. The molecule has 0 aliphatic heterocycles. The monoisotopic (exact) mass is 289 g/mol. The average molecular weight is 289 g/mol. The molecule has 8 heteroatoms. The molecule has 2 atom stereocenters. The number of hydrogen-bond acceptors (Lipinski definition) is 7. The molecule has 2 unspecified atom stereocenters. The van der Waals surface area contributed by atoms with E-state index in [4.69, 9.17) is 5.73 Å². The van der Waals surface area contributed by atoms with Gasteiger partial charge in [0.25, 0.3) is 5.95 Å². The van der Waals surface area contributed by atoms with Crippen LogP contribution in [0.3, 0.4) is 0 Å². The maximum absolute atomic E-state index is 9.47. The molecular weight excluding hydrogens is 270 g/mol. The number of aliphatic hydroxyl groups excluding tert-OH is 1. The SMILES string of the molecule is Nc1nc(NC2CCCCC2CO)nc(-n2cccn2)n1. The number of aliphatic hydroxyl groups is 1. The summed E-state index contributed by atoms with van der Waals surface area (Å²) < 4.78 is 1.54. The highest BCUT2D eigenvalue weighted by atomic mass is 16.3. The normalized spacial score (nSPS) is 22.1. The van der Waals surface area contributed by atoms with Crippen LogP contribution in [0.15, 0.2) is 18.5 Å². The quantitative estimate of drug-likeness (QED) is 0.755. The molecule has 21 heavy (non-hydrogen) atoms. The van der Waals surface area contributed by atoms with E-state index in [1.54, 1.807) is 18.5 Å². The molecule has 8 nitrogen and oxygen atoms in total. The van der Waals surface area contributed by atoms with Gasteiger partial charge in [-0.15, -0.1) is 0 Å².